The average Bonchev–Trinajstić information content (AvgIpc) is 2.76. The number of para-hydroxylation sites is 1. The third-order valence-corrected chi connectivity index (χ3v) is 4.56. The van der Waals surface area contributed by atoms with Gasteiger partial charge in [0.25, 0.3) is 0 Å². The van der Waals surface area contributed by atoms with E-state index in [0.717, 1.165) is 16.9 Å². The molecule has 0 aliphatic carbocycles. The number of esters is 1. The molecule has 0 unspecified atom stereocenters. The van der Waals surface area contributed by atoms with E-state index in [1.54, 1.807) is 32.4 Å². The molecule has 0 aliphatic heterocycles. The van der Waals surface area contributed by atoms with Crippen LogP contribution in [-0.2, 0) is 20.7 Å². The molecule has 0 heterocycles. The van der Waals surface area contributed by atoms with Gasteiger partial charge in [-0.25, -0.2) is 0 Å². The molecule has 156 valence electrons. The van der Waals surface area contributed by atoms with Gasteiger partial charge in [0.2, 0.25) is 5.91 Å². The predicted molar refractivity (Wildman–Crippen MR) is 108 cm³/mol. The first-order chi connectivity index (χ1) is 14.0. The van der Waals surface area contributed by atoms with Crippen LogP contribution in [0.5, 0.6) is 17.2 Å². The fourth-order valence-corrected chi connectivity index (χ4v) is 3.00. The minimum atomic E-state index is -0.549. The van der Waals surface area contributed by atoms with E-state index in [1.807, 2.05) is 24.3 Å². The monoisotopic (exact) mass is 401 g/mol. The van der Waals surface area contributed by atoms with Gasteiger partial charge in [-0.3, -0.25) is 9.59 Å². The zero-order valence-corrected chi connectivity index (χ0v) is 17.2. The topological polar surface area (TPSA) is 83.1 Å². The summed E-state index contributed by atoms with van der Waals surface area (Å²) >= 11 is 0. The Kier molecular flexibility index (Phi) is 8.33. The summed E-state index contributed by atoms with van der Waals surface area (Å²) in [5.41, 5.74) is 1.67. The van der Waals surface area contributed by atoms with Crippen molar-refractivity contribution in [2.75, 3.05) is 28.4 Å². The largest absolute Gasteiger partial charge is 0.496 e. The number of ether oxygens (including phenoxy) is 4. The van der Waals surface area contributed by atoms with E-state index < -0.39 is 12.0 Å². The average molecular weight is 401 g/mol. The van der Waals surface area contributed by atoms with Gasteiger partial charge in [-0.05, 0) is 35.7 Å². The third kappa shape index (κ3) is 6.14. The van der Waals surface area contributed by atoms with Crippen LogP contribution in [0.25, 0.3) is 0 Å². The van der Waals surface area contributed by atoms with Gasteiger partial charge in [-0.1, -0.05) is 24.3 Å². The lowest BCUT2D eigenvalue weighted by atomic mass is 10.0. The normalized spacial score (nSPS) is 11.3. The molecule has 2 rings (SSSR count). The van der Waals surface area contributed by atoms with Crippen LogP contribution in [0.3, 0.4) is 0 Å². The van der Waals surface area contributed by atoms with Crippen molar-refractivity contribution in [1.82, 2.24) is 5.32 Å². The third-order valence-electron chi connectivity index (χ3n) is 4.56. The van der Waals surface area contributed by atoms with Crippen molar-refractivity contribution in [2.45, 2.75) is 25.3 Å². The van der Waals surface area contributed by atoms with Crippen LogP contribution in [0.4, 0.5) is 0 Å². The lowest BCUT2D eigenvalue weighted by Gasteiger charge is -2.20. The fraction of sp³-hybridized carbons (Fsp3) is 0.364. The molecule has 7 nitrogen and oxygen atoms in total. The Hall–Kier alpha value is -3.22. The second kappa shape index (κ2) is 10.9. The summed E-state index contributed by atoms with van der Waals surface area (Å²) in [4.78, 5) is 24.5. The zero-order chi connectivity index (χ0) is 21.2. The van der Waals surface area contributed by atoms with Crippen molar-refractivity contribution >= 4 is 11.9 Å². The van der Waals surface area contributed by atoms with Crippen LogP contribution in [-0.4, -0.2) is 40.3 Å². The summed E-state index contributed by atoms with van der Waals surface area (Å²) in [6.07, 6.45) is 0.782. The van der Waals surface area contributed by atoms with Crippen molar-refractivity contribution in [3.05, 3.63) is 53.6 Å². The SMILES string of the molecule is COC(=O)C[C@H](NC(=O)CCc1ccccc1OC)c1ccc(OC)c(OC)c1. The summed E-state index contributed by atoms with van der Waals surface area (Å²) in [6.45, 7) is 0. The van der Waals surface area contributed by atoms with Crippen molar-refractivity contribution in [1.29, 1.82) is 0 Å². The molecular formula is C22H27NO6. The smallest absolute Gasteiger partial charge is 0.307 e. The van der Waals surface area contributed by atoms with Crippen LogP contribution in [0.15, 0.2) is 42.5 Å². The number of hydrogen-bond donors (Lipinski definition) is 1. The molecule has 1 N–H and O–H groups in total. The predicted octanol–water partition coefficient (Wildman–Crippen LogP) is 3.07. The second-order valence-electron chi connectivity index (χ2n) is 6.33. The molecule has 29 heavy (non-hydrogen) atoms. The number of carbonyl (C=O) groups excluding carboxylic acids is 2. The maximum atomic E-state index is 12.6. The van der Waals surface area contributed by atoms with Crippen LogP contribution in [0, 0.1) is 0 Å². The maximum Gasteiger partial charge on any atom is 0.307 e. The molecule has 0 bridgehead atoms. The van der Waals surface area contributed by atoms with Gasteiger partial charge < -0.3 is 24.3 Å². The molecule has 0 fully saturated rings. The molecule has 0 saturated heterocycles. The van der Waals surface area contributed by atoms with E-state index in [4.69, 9.17) is 18.9 Å². The Morgan fingerprint density at radius 3 is 2.24 bits per heavy atom. The highest BCUT2D eigenvalue weighted by Crippen LogP contribution is 2.31. The molecule has 7 heteroatoms. The first-order valence-electron chi connectivity index (χ1n) is 9.22. The van der Waals surface area contributed by atoms with E-state index in [-0.39, 0.29) is 18.7 Å². The lowest BCUT2D eigenvalue weighted by molar-refractivity contribution is -0.141. The highest BCUT2D eigenvalue weighted by atomic mass is 16.5. The molecule has 0 aromatic heterocycles. The van der Waals surface area contributed by atoms with Crippen LogP contribution in [0.2, 0.25) is 0 Å². The number of nitrogens with one attached hydrogen (secondary N) is 1. The summed E-state index contributed by atoms with van der Waals surface area (Å²) < 4.78 is 20.7. The molecular weight excluding hydrogens is 374 g/mol. The van der Waals surface area contributed by atoms with E-state index >= 15 is 0 Å². The molecule has 1 atom stereocenters. The van der Waals surface area contributed by atoms with Gasteiger partial charge in [0.1, 0.15) is 5.75 Å². The number of amides is 1. The van der Waals surface area contributed by atoms with Crippen LogP contribution < -0.4 is 19.5 Å². The Balaban J connectivity index is 2.13. The Morgan fingerprint density at radius 1 is 0.897 bits per heavy atom. The summed E-state index contributed by atoms with van der Waals surface area (Å²) in [5, 5.41) is 2.92. The first-order valence-corrected chi connectivity index (χ1v) is 9.22. The lowest BCUT2D eigenvalue weighted by Crippen LogP contribution is -2.30. The van der Waals surface area contributed by atoms with Crippen LogP contribution in [0.1, 0.15) is 30.0 Å². The Morgan fingerprint density at radius 2 is 1.59 bits per heavy atom. The summed E-state index contributed by atoms with van der Waals surface area (Å²) in [5.74, 6) is 1.22. The second-order valence-corrected chi connectivity index (χ2v) is 6.33. The number of methoxy groups -OCH3 is 4. The summed E-state index contributed by atoms with van der Waals surface area (Å²) in [6, 6.07) is 12.3. The standard InChI is InChI=1S/C22H27NO6/c1-26-18-8-6-5-7-15(18)10-12-21(24)23-17(14-22(25)29-4)16-9-11-19(27-2)20(13-16)28-3/h5-9,11,13,17H,10,12,14H2,1-4H3,(H,23,24)/t17-/m0/s1. The molecule has 0 spiro atoms. The van der Waals surface area contributed by atoms with Gasteiger partial charge in [-0.2, -0.15) is 0 Å². The number of rotatable bonds is 10. The molecule has 0 saturated carbocycles. The van der Waals surface area contributed by atoms with Crippen LogP contribution >= 0.6 is 0 Å². The van der Waals surface area contributed by atoms with Crippen molar-refractivity contribution < 1.29 is 28.5 Å². The number of aryl methyl sites for hydroxylation is 1. The molecule has 0 radical (unpaired) electrons. The summed E-state index contributed by atoms with van der Waals surface area (Å²) in [7, 11) is 5.99. The van der Waals surface area contributed by atoms with Crippen molar-refractivity contribution in [2.24, 2.45) is 0 Å². The molecule has 2 aromatic carbocycles. The molecule has 1 amide bonds. The highest BCUT2D eigenvalue weighted by molar-refractivity contribution is 5.78. The minimum Gasteiger partial charge on any atom is -0.496 e. The molecule has 2 aromatic rings. The molecule has 0 aliphatic rings. The van der Waals surface area contributed by atoms with Gasteiger partial charge >= 0.3 is 5.97 Å². The number of hydrogen-bond acceptors (Lipinski definition) is 6. The van der Waals surface area contributed by atoms with Gasteiger partial charge in [0.05, 0.1) is 40.9 Å². The number of benzene rings is 2. The fourth-order valence-electron chi connectivity index (χ4n) is 3.00. The quantitative estimate of drug-likeness (QED) is 0.616. The zero-order valence-electron chi connectivity index (χ0n) is 17.2. The van der Waals surface area contributed by atoms with Crippen molar-refractivity contribution in [3.63, 3.8) is 0 Å². The number of carbonyl (C=O) groups is 2. The van der Waals surface area contributed by atoms with Gasteiger partial charge in [0.15, 0.2) is 11.5 Å². The first kappa shape index (κ1) is 22.1. The van der Waals surface area contributed by atoms with Gasteiger partial charge in [-0.15, -0.1) is 0 Å². The Bertz CT molecular complexity index is 836. The van der Waals surface area contributed by atoms with E-state index in [2.05, 4.69) is 5.32 Å². The van der Waals surface area contributed by atoms with Gasteiger partial charge in [0, 0.05) is 6.42 Å². The minimum absolute atomic E-state index is 0.00633. The van der Waals surface area contributed by atoms with E-state index in [1.165, 1.54) is 14.2 Å². The van der Waals surface area contributed by atoms with Crippen molar-refractivity contribution in [3.8, 4) is 17.2 Å². The van der Waals surface area contributed by atoms with E-state index in [0.29, 0.717) is 17.9 Å². The van der Waals surface area contributed by atoms with E-state index in [9.17, 15) is 9.59 Å². The highest BCUT2D eigenvalue weighted by Gasteiger charge is 2.21. The Labute approximate surface area is 170 Å². The maximum absolute atomic E-state index is 12.6.